The summed E-state index contributed by atoms with van der Waals surface area (Å²) in [5.74, 6) is -0.707. The molecule has 84 valence electrons. The van der Waals surface area contributed by atoms with Crippen LogP contribution in [0.15, 0.2) is 23.0 Å². The molecule has 4 nitrogen and oxygen atoms in total. The molecule has 0 aromatic carbocycles. The summed E-state index contributed by atoms with van der Waals surface area (Å²) in [5, 5.41) is 11.7. The number of hydrogen-bond donors (Lipinski definition) is 2. The third-order valence-electron chi connectivity index (χ3n) is 2.15. The molecule has 1 rings (SSSR count). The third kappa shape index (κ3) is 5.91. The summed E-state index contributed by atoms with van der Waals surface area (Å²) in [5.41, 5.74) is 1.14. The maximum Gasteiger partial charge on any atom is 0.303 e. The van der Waals surface area contributed by atoms with Crippen LogP contribution in [0.4, 0.5) is 0 Å². The van der Waals surface area contributed by atoms with Crippen molar-refractivity contribution in [2.24, 2.45) is 0 Å². The van der Waals surface area contributed by atoms with Gasteiger partial charge in [0.15, 0.2) is 0 Å². The molecule has 1 heterocycles. The van der Waals surface area contributed by atoms with Gasteiger partial charge in [-0.2, -0.15) is 0 Å². The summed E-state index contributed by atoms with van der Waals surface area (Å²) < 4.78 is 4.93. The van der Waals surface area contributed by atoms with Crippen LogP contribution in [0.3, 0.4) is 0 Å². The lowest BCUT2D eigenvalue weighted by Gasteiger charge is -2.01. The van der Waals surface area contributed by atoms with Crippen molar-refractivity contribution >= 4 is 5.97 Å². The van der Waals surface area contributed by atoms with Gasteiger partial charge in [0.05, 0.1) is 12.5 Å². The van der Waals surface area contributed by atoms with Crippen molar-refractivity contribution in [1.29, 1.82) is 0 Å². The summed E-state index contributed by atoms with van der Waals surface area (Å²) in [6.45, 7) is 1.74. The van der Waals surface area contributed by atoms with E-state index in [1.54, 1.807) is 12.5 Å². The van der Waals surface area contributed by atoms with Crippen LogP contribution in [-0.2, 0) is 11.3 Å². The van der Waals surface area contributed by atoms with Crippen LogP contribution >= 0.6 is 0 Å². The Hall–Kier alpha value is -1.29. The van der Waals surface area contributed by atoms with Gasteiger partial charge < -0.3 is 14.8 Å². The second kappa shape index (κ2) is 7.06. The van der Waals surface area contributed by atoms with Gasteiger partial charge in [0.2, 0.25) is 0 Å². The van der Waals surface area contributed by atoms with Crippen LogP contribution in [-0.4, -0.2) is 17.6 Å². The fourth-order valence-electron chi connectivity index (χ4n) is 1.33. The molecule has 0 saturated carbocycles. The van der Waals surface area contributed by atoms with E-state index in [0.717, 1.165) is 37.9 Å². The molecule has 0 bridgehead atoms. The lowest BCUT2D eigenvalue weighted by Crippen LogP contribution is -2.14. The largest absolute Gasteiger partial charge is 0.481 e. The number of aliphatic carboxylic acids is 1. The van der Waals surface area contributed by atoms with Crippen LogP contribution in [0.5, 0.6) is 0 Å². The Morgan fingerprint density at radius 3 is 2.93 bits per heavy atom. The zero-order valence-electron chi connectivity index (χ0n) is 8.74. The molecular weight excluding hydrogens is 194 g/mol. The molecule has 1 aromatic rings. The predicted molar refractivity (Wildman–Crippen MR) is 56.5 cm³/mol. The van der Waals surface area contributed by atoms with Crippen molar-refractivity contribution in [3.05, 3.63) is 24.2 Å². The zero-order chi connectivity index (χ0) is 10.9. The molecule has 0 saturated heterocycles. The summed E-state index contributed by atoms with van der Waals surface area (Å²) in [4.78, 5) is 10.2. The van der Waals surface area contributed by atoms with Crippen molar-refractivity contribution < 1.29 is 14.3 Å². The predicted octanol–water partition coefficient (Wildman–Crippen LogP) is 2.01. The minimum absolute atomic E-state index is 0.279. The summed E-state index contributed by atoms with van der Waals surface area (Å²) in [6.07, 6.45) is 6.40. The summed E-state index contributed by atoms with van der Waals surface area (Å²) >= 11 is 0. The number of nitrogens with one attached hydrogen (secondary N) is 1. The van der Waals surface area contributed by atoms with E-state index in [0.29, 0.717) is 0 Å². The molecule has 0 fully saturated rings. The van der Waals surface area contributed by atoms with Crippen molar-refractivity contribution in [1.82, 2.24) is 5.32 Å². The topological polar surface area (TPSA) is 62.5 Å². The first kappa shape index (κ1) is 11.8. The van der Waals surface area contributed by atoms with Crippen LogP contribution in [0, 0.1) is 0 Å². The average molecular weight is 211 g/mol. The van der Waals surface area contributed by atoms with E-state index in [9.17, 15) is 4.79 Å². The van der Waals surface area contributed by atoms with E-state index in [-0.39, 0.29) is 6.42 Å². The second-order valence-electron chi connectivity index (χ2n) is 3.51. The standard InChI is InChI=1S/C11H17NO3/c13-11(14)4-2-1-3-6-12-8-10-5-7-15-9-10/h5,7,9,12H,1-4,6,8H2,(H,13,14). The number of unbranched alkanes of at least 4 members (excludes halogenated alkanes) is 2. The van der Waals surface area contributed by atoms with E-state index in [2.05, 4.69) is 5.32 Å². The Balaban J connectivity index is 1.87. The number of carboxylic acids is 1. The first-order valence-electron chi connectivity index (χ1n) is 5.22. The fraction of sp³-hybridized carbons (Fsp3) is 0.545. The van der Waals surface area contributed by atoms with Crippen LogP contribution < -0.4 is 5.32 Å². The highest BCUT2D eigenvalue weighted by Gasteiger charge is 1.96. The molecule has 15 heavy (non-hydrogen) atoms. The monoisotopic (exact) mass is 211 g/mol. The molecule has 0 amide bonds. The number of carboxylic acid groups (broad SMARTS) is 1. The van der Waals surface area contributed by atoms with Crippen molar-refractivity contribution in [3.63, 3.8) is 0 Å². The first-order valence-corrected chi connectivity index (χ1v) is 5.22. The highest BCUT2D eigenvalue weighted by Crippen LogP contribution is 2.00. The number of hydrogen-bond acceptors (Lipinski definition) is 3. The molecular formula is C11H17NO3. The maximum atomic E-state index is 10.2. The summed E-state index contributed by atoms with van der Waals surface area (Å²) in [7, 11) is 0. The van der Waals surface area contributed by atoms with Crippen molar-refractivity contribution in [3.8, 4) is 0 Å². The van der Waals surface area contributed by atoms with Gasteiger partial charge in [-0.25, -0.2) is 0 Å². The highest BCUT2D eigenvalue weighted by atomic mass is 16.4. The molecule has 2 N–H and O–H groups in total. The van der Waals surface area contributed by atoms with Crippen molar-refractivity contribution in [2.45, 2.75) is 32.2 Å². The van der Waals surface area contributed by atoms with E-state index < -0.39 is 5.97 Å². The van der Waals surface area contributed by atoms with Crippen LogP contribution in [0.25, 0.3) is 0 Å². The molecule has 1 aromatic heterocycles. The highest BCUT2D eigenvalue weighted by molar-refractivity contribution is 5.66. The lowest BCUT2D eigenvalue weighted by atomic mass is 10.2. The Kier molecular flexibility index (Phi) is 5.55. The van der Waals surface area contributed by atoms with Crippen LogP contribution in [0.2, 0.25) is 0 Å². The number of carbonyl (C=O) groups is 1. The minimum Gasteiger partial charge on any atom is -0.481 e. The molecule has 0 aliphatic rings. The Labute approximate surface area is 89.3 Å². The Bertz CT molecular complexity index is 269. The van der Waals surface area contributed by atoms with Gasteiger partial charge in [0.1, 0.15) is 0 Å². The van der Waals surface area contributed by atoms with E-state index in [1.807, 2.05) is 6.07 Å². The van der Waals surface area contributed by atoms with E-state index >= 15 is 0 Å². The van der Waals surface area contributed by atoms with Crippen LogP contribution in [0.1, 0.15) is 31.2 Å². The molecule has 0 atom stereocenters. The normalized spacial score (nSPS) is 10.4. The average Bonchev–Trinajstić information content (AvgIpc) is 2.68. The molecule has 0 spiro atoms. The van der Waals surface area contributed by atoms with E-state index in [4.69, 9.17) is 9.52 Å². The second-order valence-corrected chi connectivity index (χ2v) is 3.51. The Morgan fingerprint density at radius 1 is 1.40 bits per heavy atom. The fourth-order valence-corrected chi connectivity index (χ4v) is 1.33. The zero-order valence-corrected chi connectivity index (χ0v) is 8.74. The van der Waals surface area contributed by atoms with Gasteiger partial charge in [-0.1, -0.05) is 6.42 Å². The molecule has 0 aliphatic carbocycles. The minimum atomic E-state index is -0.707. The first-order chi connectivity index (χ1) is 7.29. The summed E-state index contributed by atoms with van der Waals surface area (Å²) in [6, 6.07) is 1.93. The van der Waals surface area contributed by atoms with Gasteiger partial charge in [-0.15, -0.1) is 0 Å². The quantitative estimate of drug-likeness (QED) is 0.646. The van der Waals surface area contributed by atoms with Gasteiger partial charge in [-0.05, 0) is 25.5 Å². The lowest BCUT2D eigenvalue weighted by molar-refractivity contribution is -0.137. The van der Waals surface area contributed by atoms with Gasteiger partial charge in [0, 0.05) is 18.5 Å². The van der Waals surface area contributed by atoms with Crippen molar-refractivity contribution in [2.75, 3.05) is 6.54 Å². The molecule has 4 heteroatoms. The van der Waals surface area contributed by atoms with Gasteiger partial charge in [0.25, 0.3) is 0 Å². The maximum absolute atomic E-state index is 10.2. The number of rotatable bonds is 8. The SMILES string of the molecule is O=C(O)CCCCCNCc1ccoc1. The van der Waals surface area contributed by atoms with Gasteiger partial charge in [-0.3, -0.25) is 4.79 Å². The molecule has 0 unspecified atom stereocenters. The molecule has 0 radical (unpaired) electrons. The number of furan rings is 1. The smallest absolute Gasteiger partial charge is 0.303 e. The Morgan fingerprint density at radius 2 is 2.27 bits per heavy atom. The molecule has 0 aliphatic heterocycles. The van der Waals surface area contributed by atoms with E-state index in [1.165, 1.54) is 0 Å². The van der Waals surface area contributed by atoms with Gasteiger partial charge >= 0.3 is 5.97 Å². The third-order valence-corrected chi connectivity index (χ3v) is 2.15.